The minimum atomic E-state index is -0.226. The zero-order valence-electron chi connectivity index (χ0n) is 20.6. The van der Waals surface area contributed by atoms with Crippen LogP contribution in [0.1, 0.15) is 57.4 Å². The molecule has 36 heavy (non-hydrogen) atoms. The van der Waals surface area contributed by atoms with Crippen LogP contribution in [-0.4, -0.2) is 22.2 Å². The predicted octanol–water partition coefficient (Wildman–Crippen LogP) is 5.16. The van der Waals surface area contributed by atoms with Crippen molar-refractivity contribution in [1.29, 1.82) is 0 Å². The third kappa shape index (κ3) is 5.56. The summed E-state index contributed by atoms with van der Waals surface area (Å²) < 4.78 is 8.09. The van der Waals surface area contributed by atoms with Crippen molar-refractivity contribution in [3.63, 3.8) is 0 Å². The van der Waals surface area contributed by atoms with Crippen molar-refractivity contribution in [3.05, 3.63) is 113 Å². The quantitative estimate of drug-likeness (QED) is 0.241. The number of anilines is 1. The van der Waals surface area contributed by atoms with E-state index in [2.05, 4.69) is 17.2 Å². The number of carbonyl (C=O) groups is 1. The van der Waals surface area contributed by atoms with Crippen LogP contribution in [0, 0.1) is 12.8 Å². The molecule has 0 saturated heterocycles. The van der Waals surface area contributed by atoms with Gasteiger partial charge in [0, 0.05) is 18.7 Å². The molecule has 0 aliphatic heterocycles. The second-order valence-corrected chi connectivity index (χ2v) is 9.63. The first-order valence-electron chi connectivity index (χ1n) is 12.5. The largest absolute Gasteiger partial charge is 0.399 e. The van der Waals surface area contributed by atoms with Gasteiger partial charge in [0.2, 0.25) is 0 Å². The Labute approximate surface area is 211 Å². The van der Waals surface area contributed by atoms with Gasteiger partial charge in [-0.05, 0) is 78.3 Å². The van der Waals surface area contributed by atoms with Crippen molar-refractivity contribution < 1.29 is 9.53 Å². The summed E-state index contributed by atoms with van der Waals surface area (Å²) in [5.74, 6) is 0.643. The molecular formula is C30H32N4O2. The summed E-state index contributed by atoms with van der Waals surface area (Å²) in [7, 11) is 0. The first kappa shape index (κ1) is 24.0. The second kappa shape index (κ2) is 10.5. The molecule has 1 atom stereocenters. The molecule has 1 aromatic heterocycles. The number of aromatic nitrogens is 2. The van der Waals surface area contributed by atoms with E-state index in [-0.39, 0.29) is 18.3 Å². The van der Waals surface area contributed by atoms with E-state index in [4.69, 9.17) is 16.2 Å². The number of benzene rings is 3. The number of carbonyl (C=O) groups excluding carboxylic acids is 1. The van der Waals surface area contributed by atoms with E-state index in [0.717, 1.165) is 40.2 Å². The molecule has 1 heterocycles. The summed E-state index contributed by atoms with van der Waals surface area (Å²) in [6.07, 6.45) is 2.48. The maximum absolute atomic E-state index is 13.5. The molecule has 0 spiro atoms. The van der Waals surface area contributed by atoms with Crippen molar-refractivity contribution in [1.82, 2.24) is 9.78 Å². The maximum Gasteiger partial charge on any atom is 0.185 e. The lowest BCUT2D eigenvalue weighted by atomic mass is 9.97. The molecule has 1 aliphatic rings. The van der Waals surface area contributed by atoms with Crippen molar-refractivity contribution in [2.24, 2.45) is 11.7 Å². The van der Waals surface area contributed by atoms with Crippen LogP contribution in [0.4, 0.5) is 5.69 Å². The Morgan fingerprint density at radius 2 is 1.72 bits per heavy atom. The maximum atomic E-state index is 13.5. The average molecular weight is 481 g/mol. The van der Waals surface area contributed by atoms with E-state index in [1.54, 1.807) is 4.68 Å². The van der Waals surface area contributed by atoms with Crippen LogP contribution < -0.4 is 11.5 Å². The molecule has 6 nitrogen and oxygen atoms in total. The number of ether oxygens (including phenoxy) is 1. The number of hydrogen-bond donors (Lipinski definition) is 2. The summed E-state index contributed by atoms with van der Waals surface area (Å²) >= 11 is 0. The van der Waals surface area contributed by atoms with Crippen LogP contribution in [0.2, 0.25) is 0 Å². The summed E-state index contributed by atoms with van der Waals surface area (Å²) in [5.41, 5.74) is 18.7. The second-order valence-electron chi connectivity index (χ2n) is 9.63. The van der Waals surface area contributed by atoms with Gasteiger partial charge in [0.25, 0.3) is 0 Å². The third-order valence-electron chi connectivity index (χ3n) is 6.54. The number of nitrogens with two attached hydrogens (primary N) is 2. The molecule has 6 heteroatoms. The number of nitrogen functional groups attached to an aromatic ring is 1. The molecule has 0 amide bonds. The van der Waals surface area contributed by atoms with Crippen LogP contribution in [-0.2, 0) is 17.7 Å². The standard InChI is InChI=1S/C30H32N4O2/c1-20-13-28(34(33-20)27-10-3-6-23(15-27)18-31)29(35)16-22-5-2-7-24(14-22)30(36-19-21-11-12-21)25-8-4-9-26(32)17-25/h2-10,13-15,17,21,30H,11-12,16,18-19,31-32H2,1H3. The van der Waals surface area contributed by atoms with Crippen LogP contribution in [0.25, 0.3) is 5.69 Å². The topological polar surface area (TPSA) is 96.2 Å². The van der Waals surface area contributed by atoms with Gasteiger partial charge in [-0.25, -0.2) is 4.68 Å². The monoisotopic (exact) mass is 480 g/mol. The Balaban J connectivity index is 1.41. The van der Waals surface area contributed by atoms with Gasteiger partial charge in [-0.15, -0.1) is 0 Å². The molecule has 5 rings (SSSR count). The summed E-state index contributed by atoms with van der Waals surface area (Å²) in [6.45, 7) is 3.05. The number of Topliss-reactive ketones (excluding diaryl/α,β-unsaturated/α-hetero) is 1. The first-order valence-corrected chi connectivity index (χ1v) is 12.5. The molecule has 0 radical (unpaired) electrons. The summed E-state index contributed by atoms with van der Waals surface area (Å²) in [6, 6.07) is 25.6. The lowest BCUT2D eigenvalue weighted by molar-refractivity contribution is 0.0718. The lowest BCUT2D eigenvalue weighted by Crippen LogP contribution is -2.13. The van der Waals surface area contributed by atoms with Gasteiger partial charge in [0.15, 0.2) is 5.78 Å². The SMILES string of the molecule is Cc1cc(C(=O)Cc2cccc(C(OCC3CC3)c3cccc(N)c3)c2)n(-c2cccc(CN)c2)n1. The first-order chi connectivity index (χ1) is 17.5. The van der Waals surface area contributed by atoms with E-state index >= 15 is 0 Å². The summed E-state index contributed by atoms with van der Waals surface area (Å²) in [5, 5.41) is 4.58. The van der Waals surface area contributed by atoms with Crippen molar-refractivity contribution >= 4 is 11.5 Å². The highest BCUT2D eigenvalue weighted by molar-refractivity contribution is 5.96. The fourth-order valence-corrected chi connectivity index (χ4v) is 4.48. The minimum Gasteiger partial charge on any atom is -0.399 e. The van der Waals surface area contributed by atoms with Gasteiger partial charge in [-0.1, -0.05) is 48.5 Å². The molecule has 184 valence electrons. The fraction of sp³-hybridized carbons (Fsp3) is 0.267. The van der Waals surface area contributed by atoms with E-state index < -0.39 is 0 Å². The van der Waals surface area contributed by atoms with Gasteiger partial charge < -0.3 is 16.2 Å². The minimum absolute atomic E-state index is 0.00491. The number of ketones is 1. The zero-order valence-corrected chi connectivity index (χ0v) is 20.6. The molecule has 1 fully saturated rings. The average Bonchev–Trinajstić information content (AvgIpc) is 3.63. The number of nitrogens with zero attached hydrogens (tertiary/aromatic N) is 2. The molecule has 0 bridgehead atoms. The van der Waals surface area contributed by atoms with Crippen molar-refractivity contribution in [2.45, 2.75) is 38.8 Å². The highest BCUT2D eigenvalue weighted by atomic mass is 16.5. The van der Waals surface area contributed by atoms with E-state index in [1.807, 2.05) is 73.7 Å². The van der Waals surface area contributed by atoms with E-state index in [0.29, 0.717) is 23.8 Å². The normalized spacial score (nSPS) is 14.1. The third-order valence-corrected chi connectivity index (χ3v) is 6.54. The number of rotatable bonds is 10. The van der Waals surface area contributed by atoms with Gasteiger partial charge >= 0.3 is 0 Å². The molecule has 3 aromatic carbocycles. The smallest absolute Gasteiger partial charge is 0.185 e. The van der Waals surface area contributed by atoms with Crippen molar-refractivity contribution in [2.75, 3.05) is 12.3 Å². The van der Waals surface area contributed by atoms with Crippen LogP contribution in [0.5, 0.6) is 0 Å². The zero-order chi connectivity index (χ0) is 25.1. The molecule has 4 N–H and O–H groups in total. The predicted molar refractivity (Wildman–Crippen MR) is 142 cm³/mol. The van der Waals surface area contributed by atoms with E-state index in [9.17, 15) is 4.79 Å². The van der Waals surface area contributed by atoms with E-state index in [1.165, 1.54) is 12.8 Å². The lowest BCUT2D eigenvalue weighted by Gasteiger charge is -2.20. The highest BCUT2D eigenvalue weighted by Crippen LogP contribution is 2.34. The molecule has 1 saturated carbocycles. The molecule has 1 aliphatic carbocycles. The van der Waals surface area contributed by atoms with Crippen LogP contribution >= 0.6 is 0 Å². The Morgan fingerprint density at radius 3 is 2.47 bits per heavy atom. The Kier molecular flexibility index (Phi) is 6.98. The Morgan fingerprint density at radius 1 is 1.00 bits per heavy atom. The molecule has 1 unspecified atom stereocenters. The van der Waals surface area contributed by atoms with Gasteiger partial charge in [-0.2, -0.15) is 5.10 Å². The number of aryl methyl sites for hydroxylation is 1. The molecule has 4 aromatic rings. The molecular weight excluding hydrogens is 448 g/mol. The Hall–Kier alpha value is -3.74. The van der Waals surface area contributed by atoms with Crippen molar-refractivity contribution in [3.8, 4) is 5.69 Å². The summed E-state index contributed by atoms with van der Waals surface area (Å²) in [4.78, 5) is 13.5. The van der Waals surface area contributed by atoms with Crippen LogP contribution in [0.15, 0.2) is 78.9 Å². The van der Waals surface area contributed by atoms with Gasteiger partial charge in [0.05, 0.1) is 18.0 Å². The van der Waals surface area contributed by atoms with Gasteiger partial charge in [0.1, 0.15) is 11.8 Å². The Bertz CT molecular complexity index is 1370. The highest BCUT2D eigenvalue weighted by Gasteiger charge is 2.25. The van der Waals surface area contributed by atoms with Gasteiger partial charge in [-0.3, -0.25) is 4.79 Å². The number of hydrogen-bond acceptors (Lipinski definition) is 5. The fourth-order valence-electron chi connectivity index (χ4n) is 4.48. The van der Waals surface area contributed by atoms with Crippen LogP contribution in [0.3, 0.4) is 0 Å².